The number of aliphatic hydroxyl groups excluding tert-OH is 1. The minimum absolute atomic E-state index is 0.0440. The van der Waals surface area contributed by atoms with Crippen molar-refractivity contribution < 1.29 is 29.0 Å². The largest absolute Gasteiger partial charge is 0.465 e. The van der Waals surface area contributed by atoms with E-state index in [0.717, 1.165) is 51.4 Å². The molecule has 3 unspecified atom stereocenters. The van der Waals surface area contributed by atoms with E-state index in [1.165, 1.54) is 0 Å². The van der Waals surface area contributed by atoms with Crippen LogP contribution in [0.1, 0.15) is 91.9 Å². The van der Waals surface area contributed by atoms with Gasteiger partial charge in [0, 0.05) is 12.6 Å². The van der Waals surface area contributed by atoms with Gasteiger partial charge in [-0.1, -0.05) is 58.6 Å². The summed E-state index contributed by atoms with van der Waals surface area (Å²) in [6.07, 6.45) is 12.4. The zero-order valence-electron chi connectivity index (χ0n) is 25.7. The molecule has 1 saturated carbocycles. The second-order valence-corrected chi connectivity index (χ2v) is 13.1. The number of esters is 1. The summed E-state index contributed by atoms with van der Waals surface area (Å²) in [7, 11) is 0. The molecule has 8 atom stereocenters. The van der Waals surface area contributed by atoms with Crippen molar-refractivity contribution in [2.75, 3.05) is 19.8 Å². The molecule has 4 rings (SSSR count). The summed E-state index contributed by atoms with van der Waals surface area (Å²) >= 11 is 0. The molecule has 4 aliphatic rings. The lowest BCUT2D eigenvalue weighted by atomic mass is 9.62. The standard InChI is InChI=1S/C33H52N2O6/c1-7-10-11-15-19-40-31(39)27-26-29(37)35(25(21-36)22(4)9-3)28(33(26)20-23(5)32(27,6)41-33)30(38)34(18-8-2)24-16-13-12-14-17-24/h7-8,22-28,36H,1-2,9-21H2,3-6H3/t22-,23?,25-,26-,27-,28?,32+,33?/m0/s1. The van der Waals surface area contributed by atoms with Crippen LogP contribution in [0.5, 0.6) is 0 Å². The number of aliphatic hydroxyl groups is 1. The minimum atomic E-state index is -1.15. The summed E-state index contributed by atoms with van der Waals surface area (Å²) in [4.78, 5) is 46.6. The topological polar surface area (TPSA) is 96.4 Å². The number of hydrogen-bond donors (Lipinski definition) is 1. The number of carbonyl (C=O) groups is 3. The summed E-state index contributed by atoms with van der Waals surface area (Å²) in [5.74, 6) is -2.58. The van der Waals surface area contributed by atoms with Crippen LogP contribution in [0, 0.1) is 23.7 Å². The van der Waals surface area contributed by atoms with Gasteiger partial charge >= 0.3 is 5.97 Å². The van der Waals surface area contributed by atoms with Gasteiger partial charge in [0.25, 0.3) is 0 Å². The van der Waals surface area contributed by atoms with Crippen molar-refractivity contribution in [1.82, 2.24) is 9.80 Å². The van der Waals surface area contributed by atoms with E-state index < -0.39 is 41.1 Å². The molecular weight excluding hydrogens is 520 g/mol. The van der Waals surface area contributed by atoms with Gasteiger partial charge in [-0.05, 0) is 57.3 Å². The molecule has 4 fully saturated rings. The van der Waals surface area contributed by atoms with E-state index in [0.29, 0.717) is 19.4 Å². The van der Waals surface area contributed by atoms with Crippen molar-refractivity contribution in [1.29, 1.82) is 0 Å². The summed E-state index contributed by atoms with van der Waals surface area (Å²) in [6.45, 7) is 16.1. The van der Waals surface area contributed by atoms with Crippen molar-refractivity contribution in [3.05, 3.63) is 25.3 Å². The van der Waals surface area contributed by atoms with Gasteiger partial charge in [0.1, 0.15) is 17.6 Å². The minimum Gasteiger partial charge on any atom is -0.465 e. The number of likely N-dealkylation sites (tertiary alicyclic amines) is 1. The number of fused-ring (bicyclic) bond motifs is 1. The second-order valence-electron chi connectivity index (χ2n) is 13.1. The number of amides is 2. The van der Waals surface area contributed by atoms with Gasteiger partial charge in [-0.2, -0.15) is 0 Å². The van der Waals surface area contributed by atoms with Crippen LogP contribution in [-0.4, -0.2) is 81.8 Å². The van der Waals surface area contributed by atoms with Crippen LogP contribution >= 0.6 is 0 Å². The number of unbranched alkanes of at least 4 members (excludes halogenated alkanes) is 2. The molecule has 0 aromatic carbocycles. The fraction of sp³-hybridized carbons (Fsp3) is 0.788. The Bertz CT molecular complexity index is 994. The second kappa shape index (κ2) is 13.0. The van der Waals surface area contributed by atoms with Gasteiger partial charge in [-0.25, -0.2) is 0 Å². The number of allylic oxidation sites excluding steroid dienone is 1. The van der Waals surface area contributed by atoms with E-state index in [-0.39, 0.29) is 42.9 Å². The Morgan fingerprint density at radius 3 is 2.54 bits per heavy atom. The molecule has 8 heteroatoms. The van der Waals surface area contributed by atoms with Gasteiger partial charge in [0.2, 0.25) is 11.8 Å². The fourth-order valence-electron chi connectivity index (χ4n) is 8.25. The normalized spacial score (nSPS) is 34.3. The van der Waals surface area contributed by atoms with Crippen LogP contribution in [0.25, 0.3) is 0 Å². The van der Waals surface area contributed by atoms with Crippen molar-refractivity contribution in [2.45, 2.75) is 121 Å². The van der Waals surface area contributed by atoms with E-state index in [9.17, 15) is 19.5 Å². The molecule has 3 heterocycles. The van der Waals surface area contributed by atoms with E-state index in [2.05, 4.69) is 13.2 Å². The predicted molar refractivity (Wildman–Crippen MR) is 158 cm³/mol. The lowest BCUT2D eigenvalue weighted by molar-refractivity contribution is -0.165. The van der Waals surface area contributed by atoms with Gasteiger partial charge in [-0.3, -0.25) is 14.4 Å². The van der Waals surface area contributed by atoms with Crippen LogP contribution in [0.15, 0.2) is 25.3 Å². The van der Waals surface area contributed by atoms with Gasteiger partial charge in [-0.15, -0.1) is 13.2 Å². The maximum Gasteiger partial charge on any atom is 0.312 e. The molecule has 0 aromatic rings. The molecule has 1 aliphatic carbocycles. The van der Waals surface area contributed by atoms with Crippen LogP contribution in [-0.2, 0) is 23.9 Å². The van der Waals surface area contributed by atoms with E-state index in [4.69, 9.17) is 9.47 Å². The SMILES string of the molecule is C=CCCCCOC(=O)[C@@H]1[C@H]2C(=O)N([C@@H](CO)[C@@H](C)CC)C(C(=O)N(CC=C)C3CCCCC3)C23CC(C)[C@@]1(C)O3. The first-order valence-corrected chi connectivity index (χ1v) is 15.9. The molecule has 1 spiro atoms. The first-order chi connectivity index (χ1) is 19.6. The molecule has 3 aliphatic heterocycles. The predicted octanol–water partition coefficient (Wildman–Crippen LogP) is 4.65. The van der Waals surface area contributed by atoms with Crippen LogP contribution in [0.3, 0.4) is 0 Å². The molecular formula is C33H52N2O6. The zero-order chi connectivity index (χ0) is 29.9. The van der Waals surface area contributed by atoms with E-state index >= 15 is 0 Å². The molecule has 2 bridgehead atoms. The molecule has 3 saturated heterocycles. The third kappa shape index (κ3) is 5.39. The highest BCUT2D eigenvalue weighted by molar-refractivity contribution is 5.99. The molecule has 1 N–H and O–H groups in total. The maximum atomic E-state index is 14.8. The first kappa shape index (κ1) is 31.7. The van der Waals surface area contributed by atoms with Gasteiger partial charge in [0.05, 0.1) is 30.8 Å². The lowest BCUT2D eigenvalue weighted by Gasteiger charge is -2.43. The Morgan fingerprint density at radius 2 is 1.93 bits per heavy atom. The fourth-order valence-corrected chi connectivity index (χ4v) is 8.25. The highest BCUT2D eigenvalue weighted by Crippen LogP contribution is 2.66. The molecule has 41 heavy (non-hydrogen) atoms. The Balaban J connectivity index is 1.76. The Kier molecular flexibility index (Phi) is 10.1. The summed E-state index contributed by atoms with van der Waals surface area (Å²) in [5.41, 5.74) is -2.06. The lowest BCUT2D eigenvalue weighted by Crippen LogP contribution is -2.61. The van der Waals surface area contributed by atoms with Gasteiger partial charge in [0.15, 0.2) is 0 Å². The molecule has 0 aromatic heterocycles. The number of hydrogen-bond acceptors (Lipinski definition) is 6. The zero-order valence-corrected chi connectivity index (χ0v) is 25.7. The average Bonchev–Trinajstić information content (AvgIpc) is 3.48. The third-order valence-corrected chi connectivity index (χ3v) is 10.8. The van der Waals surface area contributed by atoms with Crippen LogP contribution in [0.4, 0.5) is 0 Å². The third-order valence-electron chi connectivity index (χ3n) is 10.8. The summed E-state index contributed by atoms with van der Waals surface area (Å²) in [5, 5.41) is 10.6. The Hall–Kier alpha value is -2.19. The number of nitrogens with zero attached hydrogens (tertiary/aromatic N) is 2. The van der Waals surface area contributed by atoms with Crippen LogP contribution < -0.4 is 0 Å². The maximum absolute atomic E-state index is 14.8. The van der Waals surface area contributed by atoms with Crippen molar-refractivity contribution in [3.8, 4) is 0 Å². The van der Waals surface area contributed by atoms with E-state index in [1.807, 2.05) is 38.7 Å². The summed E-state index contributed by atoms with van der Waals surface area (Å²) in [6, 6.07) is -1.40. The highest BCUT2D eigenvalue weighted by atomic mass is 16.6. The first-order valence-electron chi connectivity index (χ1n) is 15.9. The monoisotopic (exact) mass is 572 g/mol. The quantitative estimate of drug-likeness (QED) is 0.185. The molecule has 230 valence electrons. The van der Waals surface area contributed by atoms with Crippen molar-refractivity contribution in [2.24, 2.45) is 23.7 Å². The molecule has 2 amide bonds. The van der Waals surface area contributed by atoms with Gasteiger partial charge < -0.3 is 24.4 Å². The van der Waals surface area contributed by atoms with E-state index in [1.54, 1.807) is 11.0 Å². The number of ether oxygens (including phenoxy) is 2. The molecule has 8 nitrogen and oxygen atoms in total. The van der Waals surface area contributed by atoms with Crippen LogP contribution in [0.2, 0.25) is 0 Å². The summed E-state index contributed by atoms with van der Waals surface area (Å²) < 4.78 is 12.7. The molecule has 0 radical (unpaired) electrons. The van der Waals surface area contributed by atoms with Crippen molar-refractivity contribution in [3.63, 3.8) is 0 Å². The Morgan fingerprint density at radius 1 is 1.22 bits per heavy atom. The average molecular weight is 573 g/mol. The van der Waals surface area contributed by atoms with Crippen molar-refractivity contribution >= 4 is 17.8 Å². The smallest absolute Gasteiger partial charge is 0.312 e. The number of carbonyl (C=O) groups excluding carboxylic acids is 3. The highest BCUT2D eigenvalue weighted by Gasteiger charge is 2.81. The number of rotatable bonds is 14. The Labute approximate surface area is 246 Å².